The van der Waals surface area contributed by atoms with Gasteiger partial charge in [-0.25, -0.2) is 0 Å². The summed E-state index contributed by atoms with van der Waals surface area (Å²) in [6.45, 7) is 12.4. The van der Waals surface area contributed by atoms with Crippen LogP contribution in [-0.4, -0.2) is 10.2 Å². The van der Waals surface area contributed by atoms with E-state index in [4.69, 9.17) is 0 Å². The van der Waals surface area contributed by atoms with Gasteiger partial charge < -0.3 is 10.2 Å². The lowest BCUT2D eigenvalue weighted by molar-refractivity contribution is 0.475. The van der Waals surface area contributed by atoms with Crippen molar-refractivity contribution in [1.29, 1.82) is 0 Å². The fraction of sp³-hybridized carbons (Fsp3) is 0.0545. The lowest BCUT2D eigenvalue weighted by Gasteiger charge is -2.20. The quantitative estimate of drug-likeness (QED) is 0.123. The van der Waals surface area contributed by atoms with Crippen molar-refractivity contribution >= 4 is 11.1 Å². The van der Waals surface area contributed by atoms with E-state index in [1.807, 2.05) is 48.6 Å². The summed E-state index contributed by atoms with van der Waals surface area (Å²) in [5, 5.41) is 20.4. The normalized spacial score (nSPS) is 11.8. The van der Waals surface area contributed by atoms with Crippen LogP contribution < -0.4 is 0 Å². The highest BCUT2D eigenvalue weighted by Crippen LogP contribution is 2.45. The van der Waals surface area contributed by atoms with Gasteiger partial charge in [-0.05, 0) is 151 Å². The highest BCUT2D eigenvalue weighted by atomic mass is 16.3. The van der Waals surface area contributed by atoms with Gasteiger partial charge in [-0.3, -0.25) is 0 Å². The largest absolute Gasteiger partial charge is 0.508 e. The van der Waals surface area contributed by atoms with Crippen LogP contribution in [0, 0.1) is 0 Å². The van der Waals surface area contributed by atoms with E-state index in [9.17, 15) is 10.2 Å². The predicted molar refractivity (Wildman–Crippen MR) is 244 cm³/mol. The van der Waals surface area contributed by atoms with Gasteiger partial charge in [0.05, 0.1) is 0 Å². The molecular weight excluding hydrogens is 693 g/mol. The van der Waals surface area contributed by atoms with Crippen molar-refractivity contribution in [1.82, 2.24) is 0 Å². The molecule has 0 amide bonds. The summed E-state index contributed by atoms with van der Waals surface area (Å²) >= 11 is 0. The Hall–Kier alpha value is -7.16. The van der Waals surface area contributed by atoms with E-state index in [2.05, 4.69) is 142 Å². The maximum Gasteiger partial charge on any atom is 0.115 e. The van der Waals surface area contributed by atoms with Crippen LogP contribution in [0.15, 0.2) is 207 Å². The predicted octanol–water partition coefficient (Wildman–Crippen LogP) is 15.2. The van der Waals surface area contributed by atoms with Gasteiger partial charge in [0.25, 0.3) is 0 Å². The maximum absolute atomic E-state index is 10.2. The Morgan fingerprint density at radius 2 is 0.912 bits per heavy atom. The zero-order chi connectivity index (χ0) is 39.7. The molecule has 7 aromatic carbocycles. The minimum atomic E-state index is 0.223. The lowest BCUT2D eigenvalue weighted by atomic mass is 9.83. The summed E-state index contributed by atoms with van der Waals surface area (Å²) in [6, 6.07) is 53.8. The Kier molecular flexibility index (Phi) is 11.7. The molecule has 0 heterocycles. The average molecular weight is 739 g/mol. The summed E-state index contributed by atoms with van der Waals surface area (Å²) in [7, 11) is 0. The van der Waals surface area contributed by atoms with Crippen molar-refractivity contribution < 1.29 is 10.2 Å². The highest BCUT2D eigenvalue weighted by molar-refractivity contribution is 5.99. The van der Waals surface area contributed by atoms with Crippen molar-refractivity contribution in [2.45, 2.75) is 20.3 Å². The van der Waals surface area contributed by atoms with Crippen molar-refractivity contribution in [3.05, 3.63) is 218 Å². The molecule has 0 atom stereocenters. The summed E-state index contributed by atoms with van der Waals surface area (Å²) in [4.78, 5) is 0. The van der Waals surface area contributed by atoms with Crippen LogP contribution in [-0.2, 0) is 0 Å². The Balaban J connectivity index is 1.44. The van der Waals surface area contributed by atoms with Crippen LogP contribution in [0.4, 0.5) is 0 Å². The number of benzene rings is 7. The molecule has 2 nitrogen and oxygen atoms in total. The van der Waals surface area contributed by atoms with Crippen molar-refractivity contribution in [2.24, 2.45) is 0 Å². The zero-order valence-electron chi connectivity index (χ0n) is 32.5. The van der Waals surface area contributed by atoms with E-state index in [0.717, 1.165) is 95.5 Å². The van der Waals surface area contributed by atoms with Crippen molar-refractivity contribution in [2.75, 3.05) is 0 Å². The molecule has 0 aliphatic rings. The summed E-state index contributed by atoms with van der Waals surface area (Å²) in [5.41, 5.74) is 17.3. The molecule has 0 aliphatic heterocycles. The second kappa shape index (κ2) is 17.5. The average Bonchev–Trinajstić information content (AvgIpc) is 3.26. The molecule has 7 rings (SSSR count). The smallest absolute Gasteiger partial charge is 0.115 e. The lowest BCUT2D eigenvalue weighted by Crippen LogP contribution is -1.96. The molecular formula is C55H46O2. The second-order valence-electron chi connectivity index (χ2n) is 13.9. The first kappa shape index (κ1) is 38.1. The fourth-order valence-electron chi connectivity index (χ4n) is 7.56. The standard InChI is InChI=1S/C55H46O2/c1-5-15-38(8-4)50-34-46(36-52(42-18-11-9-12-19-42)54(50)44-26-30-48(56)31-27-44)39-22-24-40(25-23-39)47-35-51(41(16-6-2)17-7-3)55(45-28-32-49(57)33-29-45)53(37-47)43-20-13-10-14-21-43/h5-6,8-37,56-57H,1,4,7H2,2-3H3/b16-6-,38-15+,41-17+. The zero-order valence-corrected chi connectivity index (χ0v) is 32.5. The topological polar surface area (TPSA) is 40.5 Å². The van der Waals surface area contributed by atoms with Crippen LogP contribution in [0.5, 0.6) is 11.5 Å². The molecule has 278 valence electrons. The van der Waals surface area contributed by atoms with Gasteiger partial charge in [0.15, 0.2) is 0 Å². The number of allylic oxidation sites excluding steroid dienone is 8. The van der Waals surface area contributed by atoms with Gasteiger partial charge in [-0.1, -0.05) is 166 Å². The Morgan fingerprint density at radius 3 is 1.30 bits per heavy atom. The monoisotopic (exact) mass is 738 g/mol. The van der Waals surface area contributed by atoms with Gasteiger partial charge in [0.1, 0.15) is 11.5 Å². The molecule has 2 heteroatoms. The summed E-state index contributed by atoms with van der Waals surface area (Å²) in [6.07, 6.45) is 13.1. The van der Waals surface area contributed by atoms with E-state index in [-0.39, 0.29) is 11.5 Å². The summed E-state index contributed by atoms with van der Waals surface area (Å²) < 4.78 is 0. The molecule has 0 unspecified atom stereocenters. The van der Waals surface area contributed by atoms with Gasteiger partial charge in [-0.15, -0.1) is 0 Å². The molecule has 0 saturated heterocycles. The summed E-state index contributed by atoms with van der Waals surface area (Å²) in [5.74, 6) is 0.466. The van der Waals surface area contributed by atoms with E-state index in [1.54, 1.807) is 30.3 Å². The first-order valence-electron chi connectivity index (χ1n) is 19.4. The number of rotatable bonds is 12. The molecule has 2 N–H and O–H groups in total. The van der Waals surface area contributed by atoms with E-state index < -0.39 is 0 Å². The molecule has 0 aliphatic carbocycles. The van der Waals surface area contributed by atoms with Crippen molar-refractivity contribution in [3.8, 4) is 78.3 Å². The van der Waals surface area contributed by atoms with E-state index in [0.29, 0.717) is 0 Å². The van der Waals surface area contributed by atoms with Crippen molar-refractivity contribution in [3.63, 3.8) is 0 Å². The third-order valence-electron chi connectivity index (χ3n) is 10.2. The molecule has 0 saturated carbocycles. The molecule has 57 heavy (non-hydrogen) atoms. The molecule has 0 fully saturated rings. The van der Waals surface area contributed by atoms with Crippen LogP contribution in [0.3, 0.4) is 0 Å². The van der Waals surface area contributed by atoms with Gasteiger partial charge in [0, 0.05) is 0 Å². The molecule has 0 radical (unpaired) electrons. The third kappa shape index (κ3) is 8.27. The Morgan fingerprint density at radius 1 is 0.491 bits per heavy atom. The SMILES string of the molecule is C=C/C=C(\C=C)c1cc(-c2ccc(-c3cc(C(/C=C\C)=C/CC)c(-c4ccc(O)cc4)c(-c4ccccc4)c3)cc2)cc(-c2ccccc2)c1-c1ccc(O)cc1. The second-order valence-corrected chi connectivity index (χ2v) is 13.9. The van der Waals surface area contributed by atoms with E-state index in [1.165, 1.54) is 0 Å². The fourth-order valence-corrected chi connectivity index (χ4v) is 7.56. The number of hydrogen-bond donors (Lipinski definition) is 2. The number of phenolic OH excluding ortho intramolecular Hbond substituents is 2. The number of phenols is 2. The Labute approximate surface area is 337 Å². The first-order chi connectivity index (χ1) is 27.9. The van der Waals surface area contributed by atoms with E-state index >= 15 is 0 Å². The van der Waals surface area contributed by atoms with Gasteiger partial charge in [-0.2, -0.15) is 0 Å². The molecule has 0 bridgehead atoms. The van der Waals surface area contributed by atoms with Crippen LogP contribution in [0.25, 0.3) is 77.9 Å². The third-order valence-corrected chi connectivity index (χ3v) is 10.2. The van der Waals surface area contributed by atoms with Crippen LogP contribution >= 0.6 is 0 Å². The van der Waals surface area contributed by atoms with Crippen LogP contribution in [0.2, 0.25) is 0 Å². The maximum atomic E-state index is 10.2. The molecule has 7 aromatic rings. The molecule has 0 aromatic heterocycles. The Bertz CT molecular complexity index is 2600. The van der Waals surface area contributed by atoms with Gasteiger partial charge in [0.2, 0.25) is 0 Å². The number of hydrogen-bond acceptors (Lipinski definition) is 2. The molecule has 0 spiro atoms. The van der Waals surface area contributed by atoms with Crippen LogP contribution in [0.1, 0.15) is 31.4 Å². The first-order valence-corrected chi connectivity index (χ1v) is 19.4. The minimum absolute atomic E-state index is 0.223. The highest BCUT2D eigenvalue weighted by Gasteiger charge is 2.20. The minimum Gasteiger partial charge on any atom is -0.508 e. The van der Waals surface area contributed by atoms with Gasteiger partial charge >= 0.3 is 0 Å². The number of aromatic hydroxyl groups is 2.